The maximum Gasteiger partial charge on any atom is 0.244 e. The van der Waals surface area contributed by atoms with Crippen molar-refractivity contribution < 1.29 is 19.4 Å². The van der Waals surface area contributed by atoms with Crippen molar-refractivity contribution in [2.24, 2.45) is 0 Å². The standard InChI is InChI=1S/C15H17NO4/c17-12-9-20-14-11(8-19-15(12)14)16-13(18)7-6-10-4-2-1-3-5-10/h1-7,11-12,14-15,17H,8-9H2,(H,16,18)/t11-,12+,14+,15+/m0/s1. The first-order valence-corrected chi connectivity index (χ1v) is 6.69. The van der Waals surface area contributed by atoms with Crippen LogP contribution in [0.1, 0.15) is 5.56 Å². The number of aliphatic hydroxyl groups is 1. The quantitative estimate of drug-likeness (QED) is 0.781. The fraction of sp³-hybridized carbons (Fsp3) is 0.400. The van der Waals surface area contributed by atoms with Crippen molar-refractivity contribution in [3.05, 3.63) is 42.0 Å². The Bertz CT molecular complexity index is 502. The van der Waals surface area contributed by atoms with Gasteiger partial charge in [0, 0.05) is 6.08 Å². The van der Waals surface area contributed by atoms with E-state index in [-0.39, 0.29) is 30.8 Å². The van der Waals surface area contributed by atoms with E-state index in [1.165, 1.54) is 6.08 Å². The lowest BCUT2D eigenvalue weighted by Crippen LogP contribution is -2.43. The van der Waals surface area contributed by atoms with Crippen molar-refractivity contribution in [2.75, 3.05) is 13.2 Å². The molecule has 2 aliphatic rings. The molecule has 2 aliphatic heterocycles. The van der Waals surface area contributed by atoms with Crippen LogP contribution in [-0.2, 0) is 14.3 Å². The SMILES string of the molecule is O=C(C=Cc1ccccc1)N[C@H]1CO[C@H]2[C@@H]1OC[C@H]2O. The van der Waals surface area contributed by atoms with Crippen LogP contribution in [0.2, 0.25) is 0 Å². The van der Waals surface area contributed by atoms with E-state index in [9.17, 15) is 9.90 Å². The van der Waals surface area contributed by atoms with Crippen LogP contribution in [0.15, 0.2) is 36.4 Å². The minimum Gasteiger partial charge on any atom is -0.388 e. The van der Waals surface area contributed by atoms with Gasteiger partial charge in [0.15, 0.2) is 0 Å². The van der Waals surface area contributed by atoms with Crippen molar-refractivity contribution in [1.29, 1.82) is 0 Å². The topological polar surface area (TPSA) is 67.8 Å². The van der Waals surface area contributed by atoms with E-state index >= 15 is 0 Å². The number of benzene rings is 1. The molecule has 3 rings (SSSR count). The molecule has 0 aliphatic carbocycles. The Balaban J connectivity index is 1.56. The smallest absolute Gasteiger partial charge is 0.244 e. The number of carbonyl (C=O) groups excluding carboxylic acids is 1. The normalized spacial score (nSPS) is 32.5. The molecular formula is C15H17NO4. The second kappa shape index (κ2) is 5.75. The summed E-state index contributed by atoms with van der Waals surface area (Å²) in [5, 5.41) is 12.5. The summed E-state index contributed by atoms with van der Waals surface area (Å²) in [5.41, 5.74) is 0.968. The third-order valence-electron chi connectivity index (χ3n) is 3.58. The zero-order valence-corrected chi connectivity index (χ0v) is 10.9. The maximum atomic E-state index is 11.9. The molecule has 2 fully saturated rings. The first-order valence-electron chi connectivity index (χ1n) is 6.69. The zero-order chi connectivity index (χ0) is 13.9. The Hall–Kier alpha value is -1.69. The van der Waals surface area contributed by atoms with Crippen molar-refractivity contribution in [1.82, 2.24) is 5.32 Å². The van der Waals surface area contributed by atoms with Crippen LogP contribution >= 0.6 is 0 Å². The summed E-state index contributed by atoms with van der Waals surface area (Å²) < 4.78 is 10.9. The third kappa shape index (κ3) is 2.75. The number of nitrogens with one attached hydrogen (secondary N) is 1. The van der Waals surface area contributed by atoms with Crippen LogP contribution in [0.4, 0.5) is 0 Å². The third-order valence-corrected chi connectivity index (χ3v) is 3.58. The number of hydrogen-bond donors (Lipinski definition) is 2. The van der Waals surface area contributed by atoms with Gasteiger partial charge in [-0.3, -0.25) is 4.79 Å². The molecule has 5 nitrogen and oxygen atoms in total. The van der Waals surface area contributed by atoms with Gasteiger partial charge in [-0.1, -0.05) is 30.3 Å². The van der Waals surface area contributed by atoms with Gasteiger partial charge in [-0.25, -0.2) is 0 Å². The molecule has 1 aromatic rings. The molecule has 20 heavy (non-hydrogen) atoms. The summed E-state index contributed by atoms with van der Waals surface area (Å²) >= 11 is 0. The number of ether oxygens (including phenoxy) is 2. The fourth-order valence-corrected chi connectivity index (χ4v) is 2.57. The molecule has 0 bridgehead atoms. The van der Waals surface area contributed by atoms with Crippen LogP contribution in [0.5, 0.6) is 0 Å². The average Bonchev–Trinajstić information content (AvgIpc) is 3.02. The van der Waals surface area contributed by atoms with Crippen LogP contribution in [-0.4, -0.2) is 48.6 Å². The summed E-state index contributed by atoms with van der Waals surface area (Å²) in [4.78, 5) is 11.9. The van der Waals surface area contributed by atoms with Gasteiger partial charge in [-0.15, -0.1) is 0 Å². The van der Waals surface area contributed by atoms with Gasteiger partial charge in [0.2, 0.25) is 5.91 Å². The highest BCUT2D eigenvalue weighted by molar-refractivity contribution is 5.92. The molecule has 0 unspecified atom stereocenters. The molecule has 2 saturated heterocycles. The van der Waals surface area contributed by atoms with Gasteiger partial charge in [0.25, 0.3) is 0 Å². The van der Waals surface area contributed by atoms with Crippen molar-refractivity contribution in [3.63, 3.8) is 0 Å². The number of amides is 1. The lowest BCUT2D eigenvalue weighted by Gasteiger charge is -2.16. The summed E-state index contributed by atoms with van der Waals surface area (Å²) in [7, 11) is 0. The van der Waals surface area contributed by atoms with Crippen molar-refractivity contribution >= 4 is 12.0 Å². The molecule has 1 aromatic carbocycles. The molecule has 0 saturated carbocycles. The van der Waals surface area contributed by atoms with Crippen LogP contribution in [0, 0.1) is 0 Å². The molecule has 4 atom stereocenters. The summed E-state index contributed by atoms with van der Waals surface area (Å²) in [5.74, 6) is -0.187. The minimum absolute atomic E-state index is 0.187. The van der Waals surface area contributed by atoms with E-state index in [1.54, 1.807) is 6.08 Å². The lowest BCUT2D eigenvalue weighted by atomic mass is 10.1. The summed E-state index contributed by atoms with van der Waals surface area (Å²) in [6, 6.07) is 9.41. The molecule has 0 radical (unpaired) electrons. The Morgan fingerprint density at radius 3 is 2.75 bits per heavy atom. The van der Waals surface area contributed by atoms with Gasteiger partial charge in [0.1, 0.15) is 18.3 Å². The predicted octanol–water partition coefficient (Wildman–Crippen LogP) is 0.343. The highest BCUT2D eigenvalue weighted by Crippen LogP contribution is 2.26. The fourth-order valence-electron chi connectivity index (χ4n) is 2.57. The highest BCUT2D eigenvalue weighted by atomic mass is 16.6. The van der Waals surface area contributed by atoms with Crippen LogP contribution in [0.25, 0.3) is 6.08 Å². The molecule has 1 amide bonds. The Morgan fingerprint density at radius 2 is 1.95 bits per heavy atom. The van der Waals surface area contributed by atoms with E-state index in [1.807, 2.05) is 30.3 Å². The monoisotopic (exact) mass is 275 g/mol. The average molecular weight is 275 g/mol. The Labute approximate surface area is 117 Å². The second-order valence-corrected chi connectivity index (χ2v) is 5.02. The largest absolute Gasteiger partial charge is 0.388 e. The molecule has 5 heteroatoms. The maximum absolute atomic E-state index is 11.9. The highest BCUT2D eigenvalue weighted by Gasteiger charge is 2.47. The Morgan fingerprint density at radius 1 is 1.20 bits per heavy atom. The van der Waals surface area contributed by atoms with E-state index in [0.29, 0.717) is 6.61 Å². The predicted molar refractivity (Wildman–Crippen MR) is 72.9 cm³/mol. The minimum atomic E-state index is -0.596. The first-order chi connectivity index (χ1) is 9.74. The second-order valence-electron chi connectivity index (χ2n) is 5.02. The molecule has 2 N–H and O–H groups in total. The number of fused-ring (bicyclic) bond motifs is 1. The zero-order valence-electron chi connectivity index (χ0n) is 10.9. The number of rotatable bonds is 3. The summed E-state index contributed by atoms with van der Waals surface area (Å²) in [6.45, 7) is 0.638. The number of aliphatic hydroxyl groups excluding tert-OH is 1. The molecular weight excluding hydrogens is 258 g/mol. The van der Waals surface area contributed by atoms with E-state index < -0.39 is 6.10 Å². The summed E-state index contributed by atoms with van der Waals surface area (Å²) in [6.07, 6.45) is 2.08. The van der Waals surface area contributed by atoms with Gasteiger partial charge in [-0.2, -0.15) is 0 Å². The van der Waals surface area contributed by atoms with E-state index in [2.05, 4.69) is 5.32 Å². The molecule has 0 spiro atoms. The van der Waals surface area contributed by atoms with Gasteiger partial charge >= 0.3 is 0 Å². The Kier molecular flexibility index (Phi) is 3.82. The van der Waals surface area contributed by atoms with E-state index in [4.69, 9.17) is 9.47 Å². The number of hydrogen-bond acceptors (Lipinski definition) is 4. The molecule has 2 heterocycles. The lowest BCUT2D eigenvalue weighted by molar-refractivity contribution is -0.117. The molecule has 106 valence electrons. The number of carbonyl (C=O) groups is 1. The van der Waals surface area contributed by atoms with Crippen LogP contribution < -0.4 is 5.32 Å². The van der Waals surface area contributed by atoms with E-state index in [0.717, 1.165) is 5.56 Å². The van der Waals surface area contributed by atoms with Gasteiger partial charge < -0.3 is 19.9 Å². The van der Waals surface area contributed by atoms with Crippen LogP contribution in [0.3, 0.4) is 0 Å². The van der Waals surface area contributed by atoms with Gasteiger partial charge in [0.05, 0.1) is 19.3 Å². The first kappa shape index (κ1) is 13.3. The molecule has 0 aromatic heterocycles. The van der Waals surface area contributed by atoms with Crippen molar-refractivity contribution in [2.45, 2.75) is 24.4 Å². The van der Waals surface area contributed by atoms with Gasteiger partial charge in [-0.05, 0) is 11.6 Å². The van der Waals surface area contributed by atoms with Crippen molar-refractivity contribution in [3.8, 4) is 0 Å².